The van der Waals surface area contributed by atoms with Crippen LogP contribution >= 0.6 is 0 Å². The van der Waals surface area contributed by atoms with Gasteiger partial charge in [0.25, 0.3) is 5.56 Å². The second-order valence-corrected chi connectivity index (χ2v) is 8.92. The summed E-state index contributed by atoms with van der Waals surface area (Å²) in [5.74, 6) is 1.44. The van der Waals surface area contributed by atoms with E-state index in [4.69, 9.17) is 0 Å². The first kappa shape index (κ1) is 23.0. The molecule has 0 spiro atoms. The van der Waals surface area contributed by atoms with Gasteiger partial charge in [0, 0.05) is 63.3 Å². The first-order chi connectivity index (χ1) is 16.1. The van der Waals surface area contributed by atoms with Crippen molar-refractivity contribution in [3.05, 3.63) is 53.1 Å². The van der Waals surface area contributed by atoms with E-state index in [0.717, 1.165) is 42.9 Å². The second-order valence-electron chi connectivity index (χ2n) is 8.92. The molecule has 2 fully saturated rings. The number of pyridine rings is 2. The SMILES string of the molecule is CNCC=CC(=O)N1CCC[C@H](N(CC2CC2)c2cc(-c3ccnc(NC)c3)c[nH]c2=O)C1. The number of aromatic nitrogens is 2. The van der Waals surface area contributed by atoms with Crippen molar-refractivity contribution in [1.82, 2.24) is 20.2 Å². The Morgan fingerprint density at radius 2 is 2.12 bits per heavy atom. The normalized spacial score (nSPS) is 18.5. The third-order valence-electron chi connectivity index (χ3n) is 6.43. The number of nitrogens with one attached hydrogen (secondary N) is 3. The molecule has 3 N–H and O–H groups in total. The molecule has 2 aliphatic rings. The Kier molecular flexibility index (Phi) is 7.44. The van der Waals surface area contributed by atoms with Crippen molar-refractivity contribution < 1.29 is 4.79 Å². The minimum Gasteiger partial charge on any atom is -0.373 e. The number of aromatic amines is 1. The summed E-state index contributed by atoms with van der Waals surface area (Å²) in [6, 6.07) is 6.04. The quantitative estimate of drug-likeness (QED) is 0.508. The molecule has 0 aromatic carbocycles. The van der Waals surface area contributed by atoms with Crippen molar-refractivity contribution in [2.24, 2.45) is 5.92 Å². The molecule has 4 rings (SSSR count). The summed E-state index contributed by atoms with van der Waals surface area (Å²) in [4.78, 5) is 37.1. The van der Waals surface area contributed by atoms with E-state index < -0.39 is 0 Å². The van der Waals surface area contributed by atoms with E-state index in [2.05, 4.69) is 25.5 Å². The maximum absolute atomic E-state index is 13.0. The molecule has 33 heavy (non-hydrogen) atoms. The molecular formula is C25H34N6O2. The molecule has 0 bridgehead atoms. The van der Waals surface area contributed by atoms with Crippen molar-refractivity contribution >= 4 is 17.4 Å². The zero-order valence-electron chi connectivity index (χ0n) is 19.5. The number of carbonyl (C=O) groups excluding carboxylic acids is 1. The Labute approximate surface area is 195 Å². The molecule has 1 saturated heterocycles. The lowest BCUT2D eigenvalue weighted by atomic mass is 10.0. The van der Waals surface area contributed by atoms with Crippen molar-refractivity contribution in [3.63, 3.8) is 0 Å². The van der Waals surface area contributed by atoms with Gasteiger partial charge in [-0.15, -0.1) is 0 Å². The summed E-state index contributed by atoms with van der Waals surface area (Å²) in [6.45, 7) is 2.92. The van der Waals surface area contributed by atoms with Crippen LogP contribution < -0.4 is 21.1 Å². The predicted octanol–water partition coefficient (Wildman–Crippen LogP) is 2.46. The Hall–Kier alpha value is -3.13. The van der Waals surface area contributed by atoms with E-state index in [0.29, 0.717) is 24.7 Å². The average molecular weight is 451 g/mol. The van der Waals surface area contributed by atoms with E-state index in [1.807, 2.05) is 43.3 Å². The molecule has 1 aliphatic heterocycles. The molecule has 1 saturated carbocycles. The standard InChI is InChI=1S/C25H34N6O2/c1-26-10-3-6-24(32)30-12-4-5-21(17-30)31(16-18-7-8-18)22-13-20(15-29-25(22)33)19-9-11-28-23(14-19)27-2/h3,6,9,11,13-15,18,21,26H,4-5,7-8,10,12,16-17H2,1-2H3,(H,27,28)(H,29,33)/t21-/m0/s1. The Morgan fingerprint density at radius 3 is 2.88 bits per heavy atom. The zero-order chi connectivity index (χ0) is 23.2. The topological polar surface area (TPSA) is 93.4 Å². The van der Waals surface area contributed by atoms with E-state index in [1.54, 1.807) is 18.5 Å². The summed E-state index contributed by atoms with van der Waals surface area (Å²) >= 11 is 0. The van der Waals surface area contributed by atoms with Crippen molar-refractivity contribution in [2.45, 2.75) is 31.7 Å². The average Bonchev–Trinajstić information content (AvgIpc) is 3.67. The number of likely N-dealkylation sites (N-methyl/N-ethyl adjacent to an activating group) is 1. The second kappa shape index (κ2) is 10.7. The first-order valence-electron chi connectivity index (χ1n) is 11.8. The Morgan fingerprint density at radius 1 is 1.27 bits per heavy atom. The van der Waals surface area contributed by atoms with Crippen LogP contribution in [0.25, 0.3) is 11.1 Å². The van der Waals surface area contributed by atoms with Gasteiger partial charge in [-0.1, -0.05) is 6.08 Å². The van der Waals surface area contributed by atoms with Gasteiger partial charge in [0.2, 0.25) is 5.91 Å². The molecule has 1 atom stereocenters. The lowest BCUT2D eigenvalue weighted by molar-refractivity contribution is -0.127. The van der Waals surface area contributed by atoms with Gasteiger partial charge in [-0.25, -0.2) is 4.98 Å². The summed E-state index contributed by atoms with van der Waals surface area (Å²) in [6.07, 6.45) is 11.3. The number of nitrogens with zero attached hydrogens (tertiary/aromatic N) is 3. The van der Waals surface area contributed by atoms with E-state index in [9.17, 15) is 9.59 Å². The molecule has 0 unspecified atom stereocenters. The van der Waals surface area contributed by atoms with Crippen LogP contribution in [0.5, 0.6) is 0 Å². The van der Waals surface area contributed by atoms with Crippen LogP contribution in [0.15, 0.2) is 47.5 Å². The van der Waals surface area contributed by atoms with Gasteiger partial charge in [0.1, 0.15) is 11.5 Å². The highest BCUT2D eigenvalue weighted by Crippen LogP contribution is 2.34. The molecule has 2 aromatic heterocycles. The lowest BCUT2D eigenvalue weighted by Crippen LogP contribution is -2.51. The molecule has 8 heteroatoms. The summed E-state index contributed by atoms with van der Waals surface area (Å²) in [7, 11) is 3.70. The van der Waals surface area contributed by atoms with Gasteiger partial charge in [0.15, 0.2) is 0 Å². The Bertz CT molecular complexity index is 1050. The lowest BCUT2D eigenvalue weighted by Gasteiger charge is -2.40. The van der Waals surface area contributed by atoms with Gasteiger partial charge in [-0.2, -0.15) is 0 Å². The number of rotatable bonds is 9. The number of anilines is 2. The van der Waals surface area contributed by atoms with Crippen LogP contribution in [0, 0.1) is 5.92 Å². The highest BCUT2D eigenvalue weighted by molar-refractivity contribution is 5.87. The molecule has 1 aliphatic carbocycles. The fourth-order valence-electron chi connectivity index (χ4n) is 4.41. The van der Waals surface area contributed by atoms with Crippen LogP contribution in [-0.2, 0) is 4.79 Å². The number of hydrogen-bond donors (Lipinski definition) is 3. The third kappa shape index (κ3) is 5.82. The molecule has 1 amide bonds. The minimum absolute atomic E-state index is 0.0420. The molecule has 176 valence electrons. The maximum Gasteiger partial charge on any atom is 0.271 e. The minimum atomic E-state index is -0.0836. The Balaban J connectivity index is 1.60. The van der Waals surface area contributed by atoms with E-state index in [-0.39, 0.29) is 17.5 Å². The van der Waals surface area contributed by atoms with E-state index in [1.165, 1.54) is 12.8 Å². The summed E-state index contributed by atoms with van der Waals surface area (Å²) in [5, 5.41) is 6.09. The van der Waals surface area contributed by atoms with Gasteiger partial charge in [-0.05, 0) is 62.4 Å². The maximum atomic E-state index is 13.0. The monoisotopic (exact) mass is 450 g/mol. The summed E-state index contributed by atoms with van der Waals surface area (Å²) in [5.41, 5.74) is 2.54. The van der Waals surface area contributed by atoms with Gasteiger partial charge in [0.05, 0.1) is 0 Å². The van der Waals surface area contributed by atoms with Crippen molar-refractivity contribution in [1.29, 1.82) is 0 Å². The summed E-state index contributed by atoms with van der Waals surface area (Å²) < 4.78 is 0. The van der Waals surface area contributed by atoms with Gasteiger partial charge >= 0.3 is 0 Å². The third-order valence-corrected chi connectivity index (χ3v) is 6.43. The first-order valence-corrected chi connectivity index (χ1v) is 11.8. The van der Waals surface area contributed by atoms with E-state index >= 15 is 0 Å². The number of H-pyrrole nitrogens is 1. The van der Waals surface area contributed by atoms with Crippen molar-refractivity contribution in [3.8, 4) is 11.1 Å². The fourth-order valence-corrected chi connectivity index (χ4v) is 4.41. The molecule has 3 heterocycles. The number of likely N-dealkylation sites (tertiary alicyclic amines) is 1. The van der Waals surface area contributed by atoms with Crippen LogP contribution in [0.1, 0.15) is 25.7 Å². The van der Waals surface area contributed by atoms with Crippen molar-refractivity contribution in [2.75, 3.05) is 50.5 Å². The smallest absolute Gasteiger partial charge is 0.271 e. The molecule has 0 radical (unpaired) electrons. The number of piperidine rings is 1. The molecule has 8 nitrogen and oxygen atoms in total. The van der Waals surface area contributed by atoms with Crippen LogP contribution in [0.3, 0.4) is 0 Å². The highest BCUT2D eigenvalue weighted by Gasteiger charge is 2.33. The number of carbonyl (C=O) groups is 1. The van der Waals surface area contributed by atoms with Crippen LogP contribution in [0.2, 0.25) is 0 Å². The van der Waals surface area contributed by atoms with Gasteiger partial charge in [-0.3, -0.25) is 9.59 Å². The highest BCUT2D eigenvalue weighted by atomic mass is 16.2. The largest absolute Gasteiger partial charge is 0.373 e. The number of amides is 1. The predicted molar refractivity (Wildman–Crippen MR) is 133 cm³/mol. The molecule has 2 aromatic rings. The van der Waals surface area contributed by atoms with Gasteiger partial charge < -0.3 is 25.4 Å². The zero-order valence-corrected chi connectivity index (χ0v) is 19.5. The van der Waals surface area contributed by atoms with Crippen LogP contribution in [-0.4, -0.2) is 67.1 Å². The molecular weight excluding hydrogens is 416 g/mol. The fraction of sp³-hybridized carbons (Fsp3) is 0.480. The number of hydrogen-bond acceptors (Lipinski definition) is 6. The van der Waals surface area contributed by atoms with Crippen LogP contribution in [0.4, 0.5) is 11.5 Å².